The van der Waals surface area contributed by atoms with Crippen molar-refractivity contribution < 1.29 is 26.7 Å². The lowest BCUT2D eigenvalue weighted by atomic mass is 10.1. The van der Waals surface area contributed by atoms with E-state index in [0.29, 0.717) is 19.8 Å². The van der Waals surface area contributed by atoms with Crippen molar-refractivity contribution in [2.24, 2.45) is 0 Å². The standard InChI is InChI=1S/C23H23N3O3.ClH/c1-2-28-22(27)16-26-21-10-6-5-9-20(21)25(23(26)24)13-14-29-19-12-11-17-7-3-4-8-18(17)15-19;/h3-12,15,24H,2,13-14,16H2,1H3;1H/p-1. The van der Waals surface area contributed by atoms with Crippen LogP contribution < -0.4 is 22.8 Å². The molecule has 0 aliphatic rings. The second kappa shape index (κ2) is 9.50. The van der Waals surface area contributed by atoms with Crippen LogP contribution in [0.25, 0.3) is 21.8 Å². The Morgan fingerprint density at radius 2 is 1.60 bits per heavy atom. The molecule has 30 heavy (non-hydrogen) atoms. The number of para-hydroxylation sites is 2. The number of ether oxygens (including phenoxy) is 2. The summed E-state index contributed by atoms with van der Waals surface area (Å²) in [5, 5.41) is 10.9. The maximum Gasteiger partial charge on any atom is 0.326 e. The molecule has 0 unspecified atom stereocenters. The minimum atomic E-state index is -0.346. The van der Waals surface area contributed by atoms with Crippen LogP contribution in [-0.2, 0) is 22.6 Å². The van der Waals surface area contributed by atoms with Gasteiger partial charge in [-0.15, -0.1) is 0 Å². The zero-order valence-corrected chi connectivity index (χ0v) is 17.4. The molecule has 0 spiro atoms. The summed E-state index contributed by atoms with van der Waals surface area (Å²) in [5.74, 6) is 0.451. The highest BCUT2D eigenvalue weighted by Crippen LogP contribution is 2.20. The molecule has 0 fully saturated rings. The Labute approximate surface area is 180 Å². The smallest absolute Gasteiger partial charge is 0.326 e. The fraction of sp³-hybridized carbons (Fsp3) is 0.217. The summed E-state index contributed by atoms with van der Waals surface area (Å²) in [5.41, 5.74) is 1.97. The summed E-state index contributed by atoms with van der Waals surface area (Å²) in [4.78, 5) is 12.0. The molecule has 0 atom stereocenters. The summed E-state index contributed by atoms with van der Waals surface area (Å²) in [7, 11) is 0. The van der Waals surface area contributed by atoms with E-state index in [9.17, 15) is 4.79 Å². The molecule has 4 rings (SSSR count). The Morgan fingerprint density at radius 3 is 2.33 bits per heavy atom. The van der Waals surface area contributed by atoms with E-state index < -0.39 is 0 Å². The maximum absolute atomic E-state index is 12.0. The van der Waals surface area contributed by atoms with Crippen LogP contribution in [0.2, 0.25) is 0 Å². The number of hydrogen-bond donors (Lipinski definition) is 1. The fourth-order valence-corrected chi connectivity index (χ4v) is 3.53. The van der Waals surface area contributed by atoms with Crippen molar-refractivity contribution in [3.8, 4) is 5.75 Å². The average molecular weight is 425 g/mol. The van der Waals surface area contributed by atoms with Crippen molar-refractivity contribution in [1.29, 1.82) is 5.41 Å². The van der Waals surface area contributed by atoms with Gasteiger partial charge in [0, 0.05) is 0 Å². The molecule has 156 valence electrons. The van der Waals surface area contributed by atoms with Crippen LogP contribution in [0.3, 0.4) is 0 Å². The lowest BCUT2D eigenvalue weighted by molar-refractivity contribution is -0.143. The molecule has 0 radical (unpaired) electrons. The van der Waals surface area contributed by atoms with E-state index in [1.807, 2.05) is 59.2 Å². The summed E-state index contributed by atoms with van der Waals surface area (Å²) in [6, 6.07) is 21.9. The van der Waals surface area contributed by atoms with Gasteiger partial charge >= 0.3 is 5.97 Å². The number of nitrogens with zero attached hydrogens (tertiary/aromatic N) is 2. The van der Waals surface area contributed by atoms with Crippen LogP contribution in [0.4, 0.5) is 0 Å². The minimum absolute atomic E-state index is 0. The van der Waals surface area contributed by atoms with Gasteiger partial charge in [0.25, 0.3) is 0 Å². The molecule has 0 amide bonds. The number of halogens is 1. The summed E-state index contributed by atoms with van der Waals surface area (Å²) < 4.78 is 14.5. The topological polar surface area (TPSA) is 69.2 Å². The molecular weight excluding hydrogens is 402 g/mol. The molecule has 0 saturated carbocycles. The lowest BCUT2D eigenvalue weighted by Crippen LogP contribution is -3.00. The zero-order chi connectivity index (χ0) is 20.2. The first-order chi connectivity index (χ1) is 14.2. The Balaban J connectivity index is 0.00000256. The molecule has 0 aliphatic carbocycles. The largest absolute Gasteiger partial charge is 1.00 e. The van der Waals surface area contributed by atoms with Gasteiger partial charge in [-0.3, -0.25) is 14.8 Å². The fourth-order valence-electron chi connectivity index (χ4n) is 3.53. The number of nitrogens with one attached hydrogen (secondary N) is 1. The summed E-state index contributed by atoms with van der Waals surface area (Å²) >= 11 is 0. The van der Waals surface area contributed by atoms with Crippen molar-refractivity contribution in [2.45, 2.75) is 20.0 Å². The molecule has 6 nitrogen and oxygen atoms in total. The van der Waals surface area contributed by atoms with Crippen LogP contribution in [0.5, 0.6) is 5.75 Å². The Hall–Kier alpha value is -3.25. The SMILES string of the molecule is CCOC(=O)Cn1c(=N)n(CCOc2ccc3ccccc3c2)c2ccccc21.[Cl-]. The van der Waals surface area contributed by atoms with E-state index in [-0.39, 0.29) is 30.5 Å². The third kappa shape index (κ3) is 4.33. The molecule has 7 heteroatoms. The third-order valence-electron chi connectivity index (χ3n) is 4.87. The van der Waals surface area contributed by atoms with Gasteiger partial charge in [0.1, 0.15) is 18.9 Å². The number of carbonyl (C=O) groups excluding carboxylic acids is 1. The Morgan fingerprint density at radius 1 is 0.933 bits per heavy atom. The second-order valence-electron chi connectivity index (χ2n) is 6.71. The summed E-state index contributed by atoms with van der Waals surface area (Å²) in [6.07, 6.45) is 0. The molecule has 1 N–H and O–H groups in total. The normalized spacial score (nSPS) is 10.7. The number of imidazole rings is 1. The van der Waals surface area contributed by atoms with E-state index >= 15 is 0 Å². The highest BCUT2D eigenvalue weighted by molar-refractivity contribution is 5.83. The Kier molecular flexibility index (Phi) is 6.79. The number of hydrogen-bond acceptors (Lipinski definition) is 4. The van der Waals surface area contributed by atoms with E-state index in [1.165, 1.54) is 5.39 Å². The molecule has 0 saturated heterocycles. The number of benzene rings is 3. The molecule has 1 heterocycles. The highest BCUT2D eigenvalue weighted by atomic mass is 35.5. The molecule has 3 aromatic carbocycles. The predicted molar refractivity (Wildman–Crippen MR) is 112 cm³/mol. The number of rotatable bonds is 7. The van der Waals surface area contributed by atoms with Gasteiger partial charge in [0.05, 0.1) is 24.2 Å². The monoisotopic (exact) mass is 424 g/mol. The van der Waals surface area contributed by atoms with Gasteiger partial charge in [-0.05, 0) is 42.0 Å². The molecule has 0 aliphatic heterocycles. The van der Waals surface area contributed by atoms with Crippen LogP contribution >= 0.6 is 0 Å². The van der Waals surface area contributed by atoms with Crippen LogP contribution in [0.15, 0.2) is 66.7 Å². The third-order valence-corrected chi connectivity index (χ3v) is 4.87. The van der Waals surface area contributed by atoms with Crippen LogP contribution in [0, 0.1) is 5.41 Å². The van der Waals surface area contributed by atoms with E-state index in [4.69, 9.17) is 14.9 Å². The molecule has 1 aromatic heterocycles. The van der Waals surface area contributed by atoms with Crippen LogP contribution in [-0.4, -0.2) is 28.3 Å². The van der Waals surface area contributed by atoms with Gasteiger partial charge in [-0.2, -0.15) is 0 Å². The van der Waals surface area contributed by atoms with Gasteiger partial charge in [-0.25, -0.2) is 0 Å². The van der Waals surface area contributed by atoms with Gasteiger partial charge < -0.3 is 26.4 Å². The highest BCUT2D eigenvalue weighted by Gasteiger charge is 2.13. The maximum atomic E-state index is 12.0. The number of carbonyl (C=O) groups is 1. The number of aromatic nitrogens is 2. The zero-order valence-electron chi connectivity index (χ0n) is 16.7. The van der Waals surface area contributed by atoms with Crippen LogP contribution in [0.1, 0.15) is 6.92 Å². The number of fused-ring (bicyclic) bond motifs is 2. The average Bonchev–Trinajstić information content (AvgIpc) is 3.00. The lowest BCUT2D eigenvalue weighted by Gasteiger charge is -2.09. The van der Waals surface area contributed by atoms with Crippen molar-refractivity contribution in [2.75, 3.05) is 13.2 Å². The first-order valence-electron chi connectivity index (χ1n) is 9.67. The minimum Gasteiger partial charge on any atom is -1.00 e. The van der Waals surface area contributed by atoms with Gasteiger partial charge in [-0.1, -0.05) is 42.5 Å². The van der Waals surface area contributed by atoms with Crippen molar-refractivity contribution >= 4 is 27.8 Å². The quantitative estimate of drug-likeness (QED) is 0.444. The summed E-state index contributed by atoms with van der Waals surface area (Å²) in [6.45, 7) is 3.04. The van der Waals surface area contributed by atoms with E-state index in [2.05, 4.69) is 12.1 Å². The predicted octanol–water partition coefficient (Wildman–Crippen LogP) is 0.722. The van der Waals surface area contributed by atoms with Crippen molar-refractivity contribution in [1.82, 2.24) is 9.13 Å². The second-order valence-corrected chi connectivity index (χ2v) is 6.71. The first kappa shape index (κ1) is 21.5. The molecular formula is C23H23ClN3O3-. The molecule has 0 bridgehead atoms. The van der Waals surface area contributed by atoms with Gasteiger partial charge in [0.2, 0.25) is 5.62 Å². The first-order valence-corrected chi connectivity index (χ1v) is 9.67. The van der Waals surface area contributed by atoms with Crippen molar-refractivity contribution in [3.63, 3.8) is 0 Å². The Bertz CT molecular complexity index is 1230. The van der Waals surface area contributed by atoms with Crippen molar-refractivity contribution in [3.05, 3.63) is 72.3 Å². The van der Waals surface area contributed by atoms with E-state index in [0.717, 1.165) is 22.2 Å². The molecule has 4 aromatic rings. The van der Waals surface area contributed by atoms with E-state index in [1.54, 1.807) is 11.5 Å². The van der Waals surface area contributed by atoms with Gasteiger partial charge in [0.15, 0.2) is 0 Å². The number of esters is 1.